The number of carbonyl (C=O) groups excluding carboxylic acids is 2. The van der Waals surface area contributed by atoms with E-state index in [4.69, 9.17) is 4.74 Å². The number of aryl methyl sites for hydroxylation is 1. The first kappa shape index (κ1) is 24.6. The second-order valence-electron chi connectivity index (χ2n) is 9.54. The van der Waals surface area contributed by atoms with Gasteiger partial charge in [-0.2, -0.15) is 5.10 Å². The molecule has 8 nitrogen and oxygen atoms in total. The van der Waals surface area contributed by atoms with Crippen molar-refractivity contribution in [3.63, 3.8) is 0 Å². The molecule has 1 saturated carbocycles. The molecule has 2 N–H and O–H groups in total. The smallest absolute Gasteiger partial charge is 0.228 e. The van der Waals surface area contributed by atoms with Crippen LogP contribution in [0.15, 0.2) is 24.4 Å². The van der Waals surface area contributed by atoms with Gasteiger partial charge in [-0.25, -0.2) is 9.37 Å². The molecule has 0 radical (unpaired) electrons. The van der Waals surface area contributed by atoms with Crippen LogP contribution in [-0.4, -0.2) is 39.7 Å². The molecule has 1 aliphatic carbocycles. The molecule has 0 unspecified atom stereocenters. The average molecular weight is 482 g/mol. The monoisotopic (exact) mass is 481 g/mol. The standard InChI is InChI=1S/C26H32FN5O3/c1-14(2)25-20-10-17(11-21(27)24(20)31-32(25)4)19-12-23(28-13-22(19)35-5)30-26(34)16-7-6-8-18(9-16)29-15(3)33/h10-14,16,18H,6-9H2,1-5H3,(H,29,33)(H,28,30,34)/t16-,18+/m0/s1. The first-order valence-electron chi connectivity index (χ1n) is 12.0. The Bertz CT molecular complexity index is 1270. The summed E-state index contributed by atoms with van der Waals surface area (Å²) in [7, 11) is 3.35. The fraction of sp³-hybridized carbons (Fsp3) is 0.462. The first-order chi connectivity index (χ1) is 16.7. The fourth-order valence-electron chi connectivity index (χ4n) is 5.09. The molecule has 1 aliphatic rings. The summed E-state index contributed by atoms with van der Waals surface area (Å²) in [5.74, 6) is 0.131. The largest absolute Gasteiger partial charge is 0.494 e. The number of pyridine rings is 1. The lowest BCUT2D eigenvalue weighted by Gasteiger charge is -2.28. The molecule has 2 amide bonds. The van der Waals surface area contributed by atoms with Gasteiger partial charge in [0.05, 0.1) is 13.3 Å². The van der Waals surface area contributed by atoms with Crippen molar-refractivity contribution >= 4 is 28.5 Å². The lowest BCUT2D eigenvalue weighted by molar-refractivity contribution is -0.123. The second-order valence-corrected chi connectivity index (χ2v) is 9.54. The van der Waals surface area contributed by atoms with Crippen molar-refractivity contribution in [2.75, 3.05) is 12.4 Å². The quantitative estimate of drug-likeness (QED) is 0.539. The molecule has 186 valence electrons. The molecule has 1 aromatic carbocycles. The molecule has 2 aromatic heterocycles. The normalized spacial score (nSPS) is 18.0. The Morgan fingerprint density at radius 2 is 2.00 bits per heavy atom. The Hall–Kier alpha value is -3.49. The van der Waals surface area contributed by atoms with Gasteiger partial charge in [0.25, 0.3) is 0 Å². The second kappa shape index (κ2) is 10.0. The number of carbonyl (C=O) groups is 2. The van der Waals surface area contributed by atoms with E-state index in [-0.39, 0.29) is 29.7 Å². The van der Waals surface area contributed by atoms with Crippen LogP contribution in [0.2, 0.25) is 0 Å². The molecule has 0 bridgehead atoms. The lowest BCUT2D eigenvalue weighted by Crippen LogP contribution is -2.40. The number of nitrogens with one attached hydrogen (secondary N) is 2. The van der Waals surface area contributed by atoms with Crippen LogP contribution in [0.5, 0.6) is 5.75 Å². The Labute approximate surface area is 204 Å². The van der Waals surface area contributed by atoms with E-state index in [1.165, 1.54) is 26.3 Å². The zero-order chi connectivity index (χ0) is 25.3. The molecular formula is C26H32FN5O3. The van der Waals surface area contributed by atoms with Crippen LogP contribution in [0.3, 0.4) is 0 Å². The Morgan fingerprint density at radius 1 is 1.23 bits per heavy atom. The maximum Gasteiger partial charge on any atom is 0.228 e. The van der Waals surface area contributed by atoms with Crippen molar-refractivity contribution in [3.05, 3.63) is 35.9 Å². The van der Waals surface area contributed by atoms with Crippen LogP contribution >= 0.6 is 0 Å². The summed E-state index contributed by atoms with van der Waals surface area (Å²) in [5.41, 5.74) is 2.50. The highest BCUT2D eigenvalue weighted by atomic mass is 19.1. The van der Waals surface area contributed by atoms with Crippen molar-refractivity contribution in [2.24, 2.45) is 13.0 Å². The van der Waals surface area contributed by atoms with Gasteiger partial charge in [0, 0.05) is 42.6 Å². The van der Waals surface area contributed by atoms with E-state index in [0.29, 0.717) is 34.6 Å². The number of methoxy groups -OCH3 is 1. The predicted octanol–water partition coefficient (Wildman–Crippen LogP) is 4.54. The number of hydrogen-bond donors (Lipinski definition) is 2. The van der Waals surface area contributed by atoms with E-state index in [2.05, 4.69) is 20.7 Å². The lowest BCUT2D eigenvalue weighted by atomic mass is 9.85. The zero-order valence-corrected chi connectivity index (χ0v) is 20.8. The van der Waals surface area contributed by atoms with Gasteiger partial charge in [0.1, 0.15) is 17.1 Å². The number of amides is 2. The van der Waals surface area contributed by atoms with Gasteiger partial charge in [0.2, 0.25) is 11.8 Å². The SMILES string of the molecule is COc1cnc(NC(=O)[C@H]2CCC[C@@H](NC(C)=O)C2)cc1-c1cc(F)c2nn(C)c(C(C)C)c2c1. The van der Waals surface area contributed by atoms with Crippen LogP contribution < -0.4 is 15.4 Å². The van der Waals surface area contributed by atoms with Crippen molar-refractivity contribution in [3.8, 4) is 16.9 Å². The van der Waals surface area contributed by atoms with E-state index in [1.807, 2.05) is 27.0 Å². The van der Waals surface area contributed by atoms with E-state index < -0.39 is 5.82 Å². The third-order valence-corrected chi connectivity index (χ3v) is 6.59. The average Bonchev–Trinajstić information content (AvgIpc) is 3.15. The number of anilines is 1. The van der Waals surface area contributed by atoms with Crippen LogP contribution in [-0.2, 0) is 16.6 Å². The van der Waals surface area contributed by atoms with Crippen LogP contribution in [0.4, 0.5) is 10.2 Å². The van der Waals surface area contributed by atoms with Gasteiger partial charge in [-0.15, -0.1) is 0 Å². The van der Waals surface area contributed by atoms with Gasteiger partial charge >= 0.3 is 0 Å². The minimum Gasteiger partial charge on any atom is -0.494 e. The molecular weight excluding hydrogens is 449 g/mol. The molecule has 0 spiro atoms. The van der Waals surface area contributed by atoms with E-state index in [0.717, 1.165) is 30.3 Å². The Balaban J connectivity index is 1.65. The highest BCUT2D eigenvalue weighted by Crippen LogP contribution is 2.36. The summed E-state index contributed by atoms with van der Waals surface area (Å²) < 4.78 is 22.3. The van der Waals surface area contributed by atoms with Crippen molar-refractivity contribution in [1.82, 2.24) is 20.1 Å². The molecule has 2 atom stereocenters. The summed E-state index contributed by atoms with van der Waals surface area (Å²) in [6, 6.07) is 5.04. The van der Waals surface area contributed by atoms with Crippen molar-refractivity contribution in [2.45, 2.75) is 58.4 Å². The molecule has 3 aromatic rings. The molecule has 0 saturated heterocycles. The molecule has 35 heavy (non-hydrogen) atoms. The molecule has 4 rings (SSSR count). The number of fused-ring (bicyclic) bond motifs is 1. The Morgan fingerprint density at radius 3 is 2.69 bits per heavy atom. The predicted molar refractivity (Wildman–Crippen MR) is 133 cm³/mol. The Kier molecular flexibility index (Phi) is 7.05. The van der Waals surface area contributed by atoms with E-state index in [9.17, 15) is 9.59 Å². The highest BCUT2D eigenvalue weighted by Gasteiger charge is 2.28. The van der Waals surface area contributed by atoms with Gasteiger partial charge < -0.3 is 15.4 Å². The molecule has 2 heterocycles. The summed E-state index contributed by atoms with van der Waals surface area (Å²) in [5, 5.41) is 10.9. The van der Waals surface area contributed by atoms with Gasteiger partial charge in [-0.1, -0.05) is 20.3 Å². The van der Waals surface area contributed by atoms with Crippen LogP contribution in [0.25, 0.3) is 22.0 Å². The number of ether oxygens (including phenoxy) is 1. The fourth-order valence-corrected chi connectivity index (χ4v) is 5.09. The maximum atomic E-state index is 15.1. The summed E-state index contributed by atoms with van der Waals surface area (Å²) in [4.78, 5) is 28.7. The minimum atomic E-state index is -0.421. The number of aromatic nitrogens is 3. The summed E-state index contributed by atoms with van der Waals surface area (Å²) >= 11 is 0. The summed E-state index contributed by atoms with van der Waals surface area (Å²) in [6.07, 6.45) is 4.61. The zero-order valence-electron chi connectivity index (χ0n) is 20.8. The van der Waals surface area contributed by atoms with Crippen LogP contribution in [0.1, 0.15) is 58.1 Å². The van der Waals surface area contributed by atoms with Gasteiger partial charge in [-0.05, 0) is 48.9 Å². The van der Waals surface area contributed by atoms with Crippen molar-refractivity contribution < 1.29 is 18.7 Å². The molecule has 0 aliphatic heterocycles. The highest BCUT2D eigenvalue weighted by molar-refractivity contribution is 5.93. The third-order valence-electron chi connectivity index (χ3n) is 6.59. The topological polar surface area (TPSA) is 98.1 Å². The van der Waals surface area contributed by atoms with Crippen LogP contribution in [0, 0.1) is 11.7 Å². The molecule has 9 heteroatoms. The number of halogens is 1. The third kappa shape index (κ3) is 5.13. The van der Waals surface area contributed by atoms with Gasteiger partial charge in [-0.3, -0.25) is 14.3 Å². The number of benzene rings is 1. The maximum absolute atomic E-state index is 15.1. The minimum absolute atomic E-state index is 0.000671. The van der Waals surface area contributed by atoms with E-state index in [1.54, 1.807) is 10.7 Å². The molecule has 1 fully saturated rings. The number of rotatable bonds is 6. The van der Waals surface area contributed by atoms with Crippen molar-refractivity contribution in [1.29, 1.82) is 0 Å². The number of hydrogen-bond acceptors (Lipinski definition) is 5. The van der Waals surface area contributed by atoms with Gasteiger partial charge in [0.15, 0.2) is 5.82 Å². The summed E-state index contributed by atoms with van der Waals surface area (Å²) in [6.45, 7) is 5.58. The van der Waals surface area contributed by atoms with E-state index >= 15 is 4.39 Å². The first-order valence-corrected chi connectivity index (χ1v) is 12.0. The number of nitrogens with zero attached hydrogens (tertiary/aromatic N) is 3.